The summed E-state index contributed by atoms with van der Waals surface area (Å²) < 4.78 is 0. The average molecular weight is 424 g/mol. The van der Waals surface area contributed by atoms with Gasteiger partial charge < -0.3 is 15.1 Å². The lowest BCUT2D eigenvalue weighted by atomic mass is 9.93. The normalized spacial score (nSPS) is 19.8. The van der Waals surface area contributed by atoms with Crippen molar-refractivity contribution >= 4 is 29.9 Å². The number of rotatable bonds is 6. The van der Waals surface area contributed by atoms with E-state index < -0.39 is 0 Å². The van der Waals surface area contributed by atoms with Gasteiger partial charge in [-0.15, -0.1) is 24.0 Å². The summed E-state index contributed by atoms with van der Waals surface area (Å²) in [6.07, 6.45) is 2.64. The second-order valence-electron chi connectivity index (χ2n) is 8.03. The van der Waals surface area contributed by atoms with Gasteiger partial charge >= 0.3 is 0 Å². The van der Waals surface area contributed by atoms with E-state index >= 15 is 0 Å². The summed E-state index contributed by atoms with van der Waals surface area (Å²) in [5.74, 6) is 2.70. The van der Waals surface area contributed by atoms with Crippen LogP contribution >= 0.6 is 24.0 Å². The van der Waals surface area contributed by atoms with Crippen molar-refractivity contribution in [2.24, 2.45) is 22.2 Å². The highest BCUT2D eigenvalue weighted by molar-refractivity contribution is 14.0. The third-order valence-corrected chi connectivity index (χ3v) is 4.07. The molecule has 0 aromatic rings. The Hall–Kier alpha value is -0.0400. The van der Waals surface area contributed by atoms with Gasteiger partial charge in [0.1, 0.15) is 0 Å². The maximum absolute atomic E-state index is 4.48. The predicted molar refractivity (Wildman–Crippen MR) is 108 cm³/mol. The highest BCUT2D eigenvalue weighted by Gasteiger charge is 2.26. The lowest BCUT2D eigenvalue weighted by Gasteiger charge is -2.31. The summed E-state index contributed by atoms with van der Waals surface area (Å²) in [5, 5.41) is 3.58. The van der Waals surface area contributed by atoms with Crippen molar-refractivity contribution in [1.29, 1.82) is 0 Å². The van der Waals surface area contributed by atoms with Gasteiger partial charge in [-0.1, -0.05) is 27.7 Å². The topological polar surface area (TPSA) is 30.9 Å². The van der Waals surface area contributed by atoms with E-state index in [4.69, 9.17) is 0 Å². The molecule has 0 saturated carbocycles. The molecule has 1 fully saturated rings. The van der Waals surface area contributed by atoms with Gasteiger partial charge in [0.25, 0.3) is 0 Å². The molecule has 1 rings (SSSR count). The molecule has 1 aliphatic rings. The minimum atomic E-state index is 0. The summed E-state index contributed by atoms with van der Waals surface area (Å²) in [6, 6.07) is 0. The number of hydrogen-bond acceptors (Lipinski definition) is 2. The van der Waals surface area contributed by atoms with Crippen molar-refractivity contribution in [3.63, 3.8) is 0 Å². The van der Waals surface area contributed by atoms with Crippen LogP contribution in [0.1, 0.15) is 40.5 Å². The van der Waals surface area contributed by atoms with Crippen LogP contribution in [0.25, 0.3) is 0 Å². The quantitative estimate of drug-likeness (QED) is 0.404. The van der Waals surface area contributed by atoms with Gasteiger partial charge in [0.05, 0.1) is 0 Å². The van der Waals surface area contributed by atoms with E-state index in [1.165, 1.54) is 12.8 Å². The fourth-order valence-corrected chi connectivity index (χ4v) is 3.45. The zero-order valence-corrected chi connectivity index (χ0v) is 18.0. The van der Waals surface area contributed by atoms with Crippen molar-refractivity contribution in [2.75, 3.05) is 47.3 Å². The standard InChI is InChI=1S/C17H36N4.HI/c1-14(2)10-15-8-9-21(11-15)16(18-5)19-12-17(3,4)13-20(6)7;/h14-15H,8-13H2,1-7H3,(H,18,19);1H. The highest BCUT2D eigenvalue weighted by Crippen LogP contribution is 2.23. The number of nitrogens with zero attached hydrogens (tertiary/aromatic N) is 3. The number of aliphatic imine (C=N–C) groups is 1. The zero-order chi connectivity index (χ0) is 16.0. The van der Waals surface area contributed by atoms with Crippen LogP contribution in [-0.2, 0) is 0 Å². The molecule has 4 nitrogen and oxygen atoms in total. The van der Waals surface area contributed by atoms with Crippen molar-refractivity contribution in [3.05, 3.63) is 0 Å². The highest BCUT2D eigenvalue weighted by atomic mass is 127. The minimum Gasteiger partial charge on any atom is -0.356 e. The van der Waals surface area contributed by atoms with E-state index in [9.17, 15) is 0 Å². The third-order valence-electron chi connectivity index (χ3n) is 4.07. The maximum atomic E-state index is 4.48. The first-order chi connectivity index (χ1) is 9.73. The Balaban J connectivity index is 0.00000441. The molecule has 1 N–H and O–H groups in total. The maximum Gasteiger partial charge on any atom is 0.193 e. The summed E-state index contributed by atoms with van der Waals surface area (Å²) in [7, 11) is 6.16. The first kappa shape index (κ1) is 22.0. The second kappa shape index (κ2) is 9.96. The Morgan fingerprint density at radius 3 is 2.50 bits per heavy atom. The smallest absolute Gasteiger partial charge is 0.193 e. The Morgan fingerprint density at radius 2 is 2.00 bits per heavy atom. The Labute approximate surface area is 155 Å². The fraction of sp³-hybridized carbons (Fsp3) is 0.941. The van der Waals surface area contributed by atoms with Crippen LogP contribution in [0.2, 0.25) is 0 Å². The summed E-state index contributed by atoms with van der Waals surface area (Å²) in [4.78, 5) is 9.16. The number of likely N-dealkylation sites (tertiary alicyclic amines) is 1. The first-order valence-electron chi connectivity index (χ1n) is 8.34. The lowest BCUT2D eigenvalue weighted by molar-refractivity contribution is 0.239. The fourth-order valence-electron chi connectivity index (χ4n) is 3.45. The van der Waals surface area contributed by atoms with E-state index in [-0.39, 0.29) is 29.4 Å². The molecule has 1 unspecified atom stereocenters. The molecule has 1 atom stereocenters. The molecule has 22 heavy (non-hydrogen) atoms. The molecule has 0 bridgehead atoms. The number of guanidine groups is 1. The van der Waals surface area contributed by atoms with Crippen molar-refractivity contribution in [3.8, 4) is 0 Å². The zero-order valence-electron chi connectivity index (χ0n) is 15.6. The molecule has 0 aromatic heterocycles. The molecular weight excluding hydrogens is 387 g/mol. The Morgan fingerprint density at radius 1 is 1.36 bits per heavy atom. The largest absolute Gasteiger partial charge is 0.356 e. The molecule has 5 heteroatoms. The molecule has 1 saturated heterocycles. The molecule has 0 radical (unpaired) electrons. The Bertz CT molecular complexity index is 340. The number of hydrogen-bond donors (Lipinski definition) is 1. The van der Waals surface area contributed by atoms with E-state index in [0.29, 0.717) is 0 Å². The lowest BCUT2D eigenvalue weighted by Crippen LogP contribution is -2.46. The van der Waals surface area contributed by atoms with Crippen LogP contribution in [0.5, 0.6) is 0 Å². The molecule has 0 spiro atoms. The van der Waals surface area contributed by atoms with E-state index in [1.807, 2.05) is 7.05 Å². The van der Waals surface area contributed by atoms with Gasteiger partial charge in [0, 0.05) is 33.2 Å². The summed E-state index contributed by atoms with van der Waals surface area (Å²) >= 11 is 0. The number of halogens is 1. The van der Waals surface area contributed by atoms with E-state index in [2.05, 4.69) is 61.9 Å². The molecule has 1 aliphatic heterocycles. The van der Waals surface area contributed by atoms with Crippen LogP contribution in [0.4, 0.5) is 0 Å². The second-order valence-corrected chi connectivity index (χ2v) is 8.03. The van der Waals surface area contributed by atoms with E-state index in [0.717, 1.165) is 44.0 Å². The van der Waals surface area contributed by atoms with Crippen LogP contribution in [0.3, 0.4) is 0 Å². The SMILES string of the molecule is CN=C(NCC(C)(C)CN(C)C)N1CCC(CC(C)C)C1.I. The average Bonchev–Trinajstić information content (AvgIpc) is 2.75. The summed E-state index contributed by atoms with van der Waals surface area (Å²) in [5.41, 5.74) is 0.247. The Kier molecular flexibility index (Phi) is 9.94. The van der Waals surface area contributed by atoms with Gasteiger partial charge in [0.15, 0.2) is 5.96 Å². The molecular formula is C17H37IN4. The predicted octanol–water partition coefficient (Wildman–Crippen LogP) is 3.14. The van der Waals surface area contributed by atoms with E-state index in [1.54, 1.807) is 0 Å². The van der Waals surface area contributed by atoms with Crippen molar-refractivity contribution in [2.45, 2.75) is 40.5 Å². The first-order valence-corrected chi connectivity index (χ1v) is 8.34. The molecule has 1 heterocycles. The van der Waals surface area contributed by atoms with Crippen LogP contribution in [0.15, 0.2) is 4.99 Å². The minimum absolute atomic E-state index is 0. The van der Waals surface area contributed by atoms with Crippen molar-refractivity contribution < 1.29 is 0 Å². The molecule has 0 amide bonds. The number of nitrogens with one attached hydrogen (secondary N) is 1. The molecule has 132 valence electrons. The van der Waals surface area contributed by atoms with Gasteiger partial charge in [-0.25, -0.2) is 0 Å². The van der Waals surface area contributed by atoms with Crippen molar-refractivity contribution in [1.82, 2.24) is 15.1 Å². The molecule has 0 aromatic carbocycles. The van der Waals surface area contributed by atoms with Gasteiger partial charge in [-0.05, 0) is 44.2 Å². The van der Waals surface area contributed by atoms with Crippen LogP contribution in [-0.4, -0.2) is 63.1 Å². The third kappa shape index (κ3) is 7.99. The van der Waals surface area contributed by atoms with Gasteiger partial charge in [-0.2, -0.15) is 0 Å². The van der Waals surface area contributed by atoms with Crippen LogP contribution < -0.4 is 5.32 Å². The summed E-state index contributed by atoms with van der Waals surface area (Å²) in [6.45, 7) is 13.6. The molecule has 0 aliphatic carbocycles. The monoisotopic (exact) mass is 424 g/mol. The van der Waals surface area contributed by atoms with Gasteiger partial charge in [-0.3, -0.25) is 4.99 Å². The van der Waals surface area contributed by atoms with Crippen LogP contribution in [0, 0.1) is 17.3 Å². The van der Waals surface area contributed by atoms with Gasteiger partial charge in [0.2, 0.25) is 0 Å².